The van der Waals surface area contributed by atoms with Gasteiger partial charge >= 0.3 is 0 Å². The van der Waals surface area contributed by atoms with E-state index in [-0.39, 0.29) is 5.91 Å². The van der Waals surface area contributed by atoms with Crippen LogP contribution < -0.4 is 24.4 Å². The summed E-state index contributed by atoms with van der Waals surface area (Å²) < 4.78 is 16.0. The third-order valence-electron chi connectivity index (χ3n) is 5.58. The van der Waals surface area contributed by atoms with E-state index in [0.29, 0.717) is 24.5 Å². The number of carbonyl (C=O) groups is 1. The van der Waals surface area contributed by atoms with Crippen LogP contribution in [0.3, 0.4) is 0 Å². The molecule has 2 aromatic rings. The highest BCUT2D eigenvalue weighted by Crippen LogP contribution is 2.29. The maximum Gasteiger partial charge on any atom is 0.224 e. The second-order valence-corrected chi connectivity index (χ2v) is 7.57. The highest BCUT2D eigenvalue weighted by atomic mass is 16.5. The Morgan fingerprint density at radius 2 is 1.61 bits per heavy atom. The number of piperazine rings is 1. The van der Waals surface area contributed by atoms with Gasteiger partial charge in [0, 0.05) is 32.7 Å². The monoisotopic (exact) mass is 427 g/mol. The fourth-order valence-electron chi connectivity index (χ4n) is 3.87. The Morgan fingerprint density at radius 1 is 0.903 bits per heavy atom. The first-order valence-corrected chi connectivity index (χ1v) is 10.7. The molecule has 0 spiro atoms. The number of hydrogen-bond donors (Lipinski definition) is 1. The van der Waals surface area contributed by atoms with Crippen LogP contribution in [0.1, 0.15) is 12.0 Å². The number of carbonyl (C=O) groups excluding carboxylic acids is 1. The second-order valence-electron chi connectivity index (χ2n) is 7.57. The molecular weight excluding hydrogens is 394 g/mol. The summed E-state index contributed by atoms with van der Waals surface area (Å²) in [6, 6.07) is 13.7. The Balaban J connectivity index is 1.35. The van der Waals surface area contributed by atoms with E-state index in [1.165, 1.54) is 0 Å². The van der Waals surface area contributed by atoms with Crippen LogP contribution in [0.15, 0.2) is 42.5 Å². The molecule has 7 nitrogen and oxygen atoms in total. The topological polar surface area (TPSA) is 63.3 Å². The first-order chi connectivity index (χ1) is 15.1. The summed E-state index contributed by atoms with van der Waals surface area (Å²) in [6.45, 7) is 5.64. The Kier molecular flexibility index (Phi) is 8.41. The standard InChI is InChI=1S/C24H33N3O4/c1-29-21-8-5-4-7-20(21)27-15-13-26(14-16-27)12-6-11-25-24(28)18-19-9-10-22(30-2)23(17-19)31-3/h4-5,7-10,17H,6,11-16,18H2,1-3H3,(H,25,28). The van der Waals surface area contributed by atoms with E-state index < -0.39 is 0 Å². The summed E-state index contributed by atoms with van der Waals surface area (Å²) in [4.78, 5) is 17.1. The van der Waals surface area contributed by atoms with Gasteiger partial charge in [-0.25, -0.2) is 0 Å². The van der Waals surface area contributed by atoms with Crippen LogP contribution in [0, 0.1) is 0 Å². The van der Waals surface area contributed by atoms with E-state index in [4.69, 9.17) is 14.2 Å². The zero-order chi connectivity index (χ0) is 22.1. The molecule has 0 atom stereocenters. The van der Waals surface area contributed by atoms with Crippen molar-refractivity contribution >= 4 is 11.6 Å². The number of amides is 1. The number of nitrogens with zero attached hydrogens (tertiary/aromatic N) is 2. The molecule has 0 radical (unpaired) electrons. The van der Waals surface area contributed by atoms with E-state index in [1.54, 1.807) is 21.3 Å². The minimum absolute atomic E-state index is 0.0215. The number of ether oxygens (including phenoxy) is 3. The van der Waals surface area contributed by atoms with Crippen molar-refractivity contribution in [2.75, 3.05) is 65.5 Å². The number of rotatable bonds is 10. The van der Waals surface area contributed by atoms with Gasteiger partial charge in [-0.05, 0) is 42.8 Å². The van der Waals surface area contributed by atoms with Gasteiger partial charge in [0.2, 0.25) is 5.91 Å². The smallest absolute Gasteiger partial charge is 0.224 e. The fraction of sp³-hybridized carbons (Fsp3) is 0.458. The van der Waals surface area contributed by atoms with Crippen molar-refractivity contribution in [2.24, 2.45) is 0 Å². The molecule has 0 bridgehead atoms. The predicted octanol–water partition coefficient (Wildman–Crippen LogP) is 2.58. The molecule has 31 heavy (non-hydrogen) atoms. The van der Waals surface area contributed by atoms with E-state index in [1.807, 2.05) is 30.3 Å². The maximum atomic E-state index is 12.3. The van der Waals surface area contributed by atoms with Gasteiger partial charge in [0.1, 0.15) is 5.75 Å². The highest BCUT2D eigenvalue weighted by molar-refractivity contribution is 5.78. The summed E-state index contributed by atoms with van der Waals surface area (Å²) in [5, 5.41) is 3.02. The molecule has 1 fully saturated rings. The summed E-state index contributed by atoms with van der Waals surface area (Å²) >= 11 is 0. The molecule has 0 unspecified atom stereocenters. The normalized spacial score (nSPS) is 14.2. The lowest BCUT2D eigenvalue weighted by molar-refractivity contribution is -0.120. The molecule has 3 rings (SSSR count). The molecule has 1 aliphatic rings. The zero-order valence-electron chi connectivity index (χ0n) is 18.7. The zero-order valence-corrected chi connectivity index (χ0v) is 18.7. The average molecular weight is 428 g/mol. The number of benzene rings is 2. The molecule has 7 heteroatoms. The van der Waals surface area contributed by atoms with Gasteiger partial charge in [0.25, 0.3) is 0 Å². The number of methoxy groups -OCH3 is 3. The van der Waals surface area contributed by atoms with Crippen LogP contribution in [-0.2, 0) is 11.2 Å². The Morgan fingerprint density at radius 3 is 2.32 bits per heavy atom. The van der Waals surface area contributed by atoms with Crippen LogP contribution in [0.2, 0.25) is 0 Å². The van der Waals surface area contributed by atoms with E-state index in [2.05, 4.69) is 27.2 Å². The number of para-hydroxylation sites is 2. The van der Waals surface area contributed by atoms with Gasteiger partial charge < -0.3 is 24.4 Å². The molecule has 2 aromatic carbocycles. The first-order valence-electron chi connectivity index (χ1n) is 10.7. The molecule has 168 valence electrons. The molecule has 1 amide bonds. The summed E-state index contributed by atoms with van der Waals surface area (Å²) in [6.07, 6.45) is 1.27. The molecular formula is C24H33N3O4. The van der Waals surface area contributed by atoms with Crippen molar-refractivity contribution in [3.05, 3.63) is 48.0 Å². The summed E-state index contributed by atoms with van der Waals surface area (Å²) in [5.41, 5.74) is 2.06. The van der Waals surface area contributed by atoms with Crippen molar-refractivity contribution < 1.29 is 19.0 Å². The third kappa shape index (κ3) is 6.28. The number of nitrogens with one attached hydrogen (secondary N) is 1. The minimum Gasteiger partial charge on any atom is -0.495 e. The average Bonchev–Trinajstić information content (AvgIpc) is 2.82. The second kappa shape index (κ2) is 11.5. The molecule has 0 saturated carbocycles. The lowest BCUT2D eigenvalue weighted by atomic mass is 10.1. The molecule has 0 aliphatic carbocycles. The third-order valence-corrected chi connectivity index (χ3v) is 5.58. The Hall–Kier alpha value is -2.93. The van der Waals surface area contributed by atoms with Crippen LogP contribution in [0.5, 0.6) is 17.2 Å². The van der Waals surface area contributed by atoms with Crippen LogP contribution >= 0.6 is 0 Å². The lowest BCUT2D eigenvalue weighted by Gasteiger charge is -2.36. The maximum absolute atomic E-state index is 12.3. The van der Waals surface area contributed by atoms with Crippen molar-refractivity contribution in [1.29, 1.82) is 0 Å². The lowest BCUT2D eigenvalue weighted by Crippen LogP contribution is -2.47. The fourth-order valence-corrected chi connectivity index (χ4v) is 3.87. The number of anilines is 1. The van der Waals surface area contributed by atoms with Crippen LogP contribution in [0.4, 0.5) is 5.69 Å². The van der Waals surface area contributed by atoms with E-state index in [9.17, 15) is 4.79 Å². The largest absolute Gasteiger partial charge is 0.495 e. The van der Waals surface area contributed by atoms with Crippen molar-refractivity contribution in [1.82, 2.24) is 10.2 Å². The predicted molar refractivity (Wildman–Crippen MR) is 123 cm³/mol. The van der Waals surface area contributed by atoms with Gasteiger partial charge in [-0.15, -0.1) is 0 Å². The van der Waals surface area contributed by atoms with Gasteiger partial charge in [-0.3, -0.25) is 9.69 Å². The van der Waals surface area contributed by atoms with Crippen molar-refractivity contribution in [3.8, 4) is 17.2 Å². The van der Waals surface area contributed by atoms with Crippen molar-refractivity contribution in [2.45, 2.75) is 12.8 Å². The SMILES string of the molecule is COc1ccc(CC(=O)NCCCN2CCN(c3ccccc3OC)CC2)cc1OC. The molecule has 0 aromatic heterocycles. The van der Waals surface area contributed by atoms with E-state index in [0.717, 1.165) is 56.1 Å². The van der Waals surface area contributed by atoms with Gasteiger partial charge in [-0.2, -0.15) is 0 Å². The quantitative estimate of drug-likeness (QED) is 0.588. The van der Waals surface area contributed by atoms with Crippen molar-refractivity contribution in [3.63, 3.8) is 0 Å². The Labute approximate surface area is 184 Å². The molecule has 1 heterocycles. The molecule has 1 saturated heterocycles. The van der Waals surface area contributed by atoms with Crippen LogP contribution in [-0.4, -0.2) is 71.4 Å². The number of hydrogen-bond acceptors (Lipinski definition) is 6. The highest BCUT2D eigenvalue weighted by Gasteiger charge is 2.19. The van der Waals surface area contributed by atoms with Crippen LogP contribution in [0.25, 0.3) is 0 Å². The summed E-state index contributed by atoms with van der Waals surface area (Å²) in [7, 11) is 4.91. The molecule has 1 aliphatic heterocycles. The minimum atomic E-state index is 0.0215. The van der Waals surface area contributed by atoms with Gasteiger partial charge in [0.15, 0.2) is 11.5 Å². The summed E-state index contributed by atoms with van der Waals surface area (Å²) in [5.74, 6) is 2.25. The van der Waals surface area contributed by atoms with Gasteiger partial charge in [-0.1, -0.05) is 18.2 Å². The van der Waals surface area contributed by atoms with E-state index >= 15 is 0 Å². The first kappa shape index (κ1) is 22.7. The molecule has 1 N–H and O–H groups in total. The van der Waals surface area contributed by atoms with Gasteiger partial charge in [0.05, 0.1) is 33.4 Å². The Bertz CT molecular complexity index is 850.